The van der Waals surface area contributed by atoms with E-state index >= 15 is 0 Å². The number of methoxy groups -OCH3 is 1. The van der Waals surface area contributed by atoms with Crippen LogP contribution in [0, 0.1) is 30.9 Å². The lowest BCUT2D eigenvalue weighted by Gasteiger charge is -2.25. The fourth-order valence-corrected chi connectivity index (χ4v) is 3.51. The SMILES string of the molecule is C#CCOC[C@H](O)CN(CCOC)Cc1c(C)nn(-c2ccc(F)cc2)c1Oc1cccc(F)c1. The Morgan fingerprint density at radius 2 is 1.94 bits per heavy atom. The van der Waals surface area contributed by atoms with Gasteiger partial charge >= 0.3 is 0 Å². The standard InChI is InChI=1S/C26H29F2N3O4/c1-4-13-34-18-23(32)16-30(12-14-33-3)17-25-19(2)29-31(22-10-8-20(27)9-11-22)26(25)35-24-7-5-6-21(28)15-24/h1,5-11,15,23,32H,12-14,16-18H2,2-3H3/t23-/m1/s1. The molecular weight excluding hydrogens is 456 g/mol. The average molecular weight is 486 g/mol. The summed E-state index contributed by atoms with van der Waals surface area (Å²) in [5.74, 6) is 2.21. The molecule has 0 aliphatic carbocycles. The first-order valence-corrected chi connectivity index (χ1v) is 11.1. The van der Waals surface area contributed by atoms with E-state index in [1.54, 1.807) is 36.1 Å². The van der Waals surface area contributed by atoms with Gasteiger partial charge in [-0.05, 0) is 43.3 Å². The van der Waals surface area contributed by atoms with Crippen LogP contribution in [0.15, 0.2) is 48.5 Å². The van der Waals surface area contributed by atoms with E-state index in [-0.39, 0.29) is 25.6 Å². The van der Waals surface area contributed by atoms with Crippen molar-refractivity contribution in [1.82, 2.24) is 14.7 Å². The molecule has 0 radical (unpaired) electrons. The van der Waals surface area contributed by atoms with Gasteiger partial charge in [-0.15, -0.1) is 6.42 Å². The van der Waals surface area contributed by atoms with Gasteiger partial charge in [0.1, 0.15) is 24.0 Å². The van der Waals surface area contributed by atoms with Crippen molar-refractivity contribution in [3.05, 3.63) is 71.4 Å². The fraction of sp³-hybridized carbons (Fsp3) is 0.346. The molecule has 7 nitrogen and oxygen atoms in total. The van der Waals surface area contributed by atoms with E-state index in [1.165, 1.54) is 24.3 Å². The van der Waals surface area contributed by atoms with Crippen molar-refractivity contribution in [3.8, 4) is 29.7 Å². The second kappa shape index (κ2) is 13.0. The van der Waals surface area contributed by atoms with Crippen LogP contribution in [0.25, 0.3) is 5.69 Å². The van der Waals surface area contributed by atoms with Crippen molar-refractivity contribution in [3.63, 3.8) is 0 Å². The lowest BCUT2D eigenvalue weighted by atomic mass is 10.2. The zero-order valence-electron chi connectivity index (χ0n) is 19.8. The first kappa shape index (κ1) is 26.3. The van der Waals surface area contributed by atoms with Gasteiger partial charge in [-0.1, -0.05) is 12.0 Å². The maximum atomic E-state index is 13.8. The normalized spacial score (nSPS) is 12.0. The molecule has 0 bridgehead atoms. The van der Waals surface area contributed by atoms with Gasteiger partial charge in [-0.3, -0.25) is 4.90 Å². The number of benzene rings is 2. The number of aromatic nitrogens is 2. The first-order chi connectivity index (χ1) is 16.9. The van der Waals surface area contributed by atoms with Gasteiger partial charge < -0.3 is 19.3 Å². The van der Waals surface area contributed by atoms with Gasteiger partial charge in [0.05, 0.1) is 36.3 Å². The summed E-state index contributed by atoms with van der Waals surface area (Å²) in [5.41, 5.74) is 1.98. The van der Waals surface area contributed by atoms with Crippen LogP contribution in [0.4, 0.5) is 8.78 Å². The molecule has 0 unspecified atom stereocenters. The highest BCUT2D eigenvalue weighted by molar-refractivity contribution is 5.43. The number of aryl methyl sites for hydroxylation is 1. The molecule has 0 spiro atoms. The van der Waals surface area contributed by atoms with Crippen molar-refractivity contribution in [2.24, 2.45) is 0 Å². The van der Waals surface area contributed by atoms with Crippen molar-refractivity contribution in [1.29, 1.82) is 0 Å². The third-order valence-electron chi connectivity index (χ3n) is 5.18. The highest BCUT2D eigenvalue weighted by Gasteiger charge is 2.23. The molecule has 3 rings (SSSR count). The predicted octanol–water partition coefficient (Wildman–Crippen LogP) is 3.71. The van der Waals surface area contributed by atoms with Crippen LogP contribution in [0.1, 0.15) is 11.3 Å². The number of rotatable bonds is 13. The van der Waals surface area contributed by atoms with E-state index in [0.717, 1.165) is 5.56 Å². The van der Waals surface area contributed by atoms with Crippen LogP contribution in [0.2, 0.25) is 0 Å². The Labute approximate surface area is 203 Å². The topological polar surface area (TPSA) is 69.0 Å². The zero-order chi connectivity index (χ0) is 25.2. The van der Waals surface area contributed by atoms with Crippen molar-refractivity contribution in [2.45, 2.75) is 19.6 Å². The van der Waals surface area contributed by atoms with Gasteiger partial charge in [0.25, 0.3) is 0 Å². The molecule has 1 atom stereocenters. The monoisotopic (exact) mass is 485 g/mol. The molecule has 1 aromatic heterocycles. The van der Waals surface area contributed by atoms with Gasteiger partial charge in [-0.25, -0.2) is 13.5 Å². The number of hydrogen-bond acceptors (Lipinski definition) is 6. The number of halogens is 2. The second-order valence-electron chi connectivity index (χ2n) is 7.92. The minimum absolute atomic E-state index is 0.0914. The van der Waals surface area contributed by atoms with Crippen LogP contribution in [0.5, 0.6) is 11.6 Å². The number of nitrogens with zero attached hydrogens (tertiary/aromatic N) is 3. The Balaban J connectivity index is 1.94. The number of ether oxygens (including phenoxy) is 3. The highest BCUT2D eigenvalue weighted by atomic mass is 19.1. The molecule has 3 aromatic rings. The largest absolute Gasteiger partial charge is 0.438 e. The smallest absolute Gasteiger partial charge is 0.227 e. The summed E-state index contributed by atoms with van der Waals surface area (Å²) in [6.07, 6.45) is 4.42. The molecule has 2 aromatic carbocycles. The van der Waals surface area contributed by atoms with Gasteiger partial charge in [0.2, 0.25) is 5.88 Å². The summed E-state index contributed by atoms with van der Waals surface area (Å²) in [6.45, 7) is 3.63. The molecule has 186 valence electrons. The predicted molar refractivity (Wildman–Crippen MR) is 128 cm³/mol. The van der Waals surface area contributed by atoms with E-state index in [9.17, 15) is 13.9 Å². The van der Waals surface area contributed by atoms with Gasteiger partial charge in [-0.2, -0.15) is 5.10 Å². The Morgan fingerprint density at radius 1 is 1.17 bits per heavy atom. The van der Waals surface area contributed by atoms with Crippen LogP contribution < -0.4 is 4.74 Å². The van der Waals surface area contributed by atoms with Crippen molar-refractivity contribution in [2.75, 3.05) is 40.0 Å². The van der Waals surface area contributed by atoms with Crippen LogP contribution in [-0.4, -0.2) is 65.9 Å². The van der Waals surface area contributed by atoms with E-state index in [2.05, 4.69) is 11.0 Å². The molecule has 0 saturated carbocycles. The average Bonchev–Trinajstić information content (AvgIpc) is 3.13. The van der Waals surface area contributed by atoms with Crippen molar-refractivity contribution >= 4 is 0 Å². The molecule has 0 amide bonds. The summed E-state index contributed by atoms with van der Waals surface area (Å²) in [6, 6.07) is 11.6. The summed E-state index contributed by atoms with van der Waals surface area (Å²) in [4.78, 5) is 1.98. The Morgan fingerprint density at radius 3 is 2.63 bits per heavy atom. The molecule has 1 N–H and O–H groups in total. The molecule has 0 saturated heterocycles. The summed E-state index contributed by atoms with van der Waals surface area (Å²) in [7, 11) is 1.60. The third-order valence-corrected chi connectivity index (χ3v) is 5.18. The Bertz CT molecular complexity index is 1130. The quantitative estimate of drug-likeness (QED) is 0.294. The maximum Gasteiger partial charge on any atom is 0.227 e. The Kier molecular flexibility index (Phi) is 9.76. The van der Waals surface area contributed by atoms with Gasteiger partial charge in [0, 0.05) is 32.8 Å². The Hall–Kier alpha value is -3.29. The lowest BCUT2D eigenvalue weighted by Crippen LogP contribution is -2.36. The third kappa shape index (κ3) is 7.60. The van der Waals surface area contributed by atoms with Gasteiger partial charge in [0.15, 0.2) is 0 Å². The molecule has 0 aliphatic rings. The van der Waals surface area contributed by atoms with Crippen molar-refractivity contribution < 1.29 is 28.1 Å². The fourth-order valence-electron chi connectivity index (χ4n) is 3.51. The summed E-state index contributed by atoms with van der Waals surface area (Å²) < 4.78 is 45.5. The molecule has 0 aliphatic heterocycles. The van der Waals surface area contributed by atoms with E-state index in [0.29, 0.717) is 42.7 Å². The lowest BCUT2D eigenvalue weighted by molar-refractivity contribution is 0.0206. The number of terminal acetylenes is 1. The second-order valence-corrected chi connectivity index (χ2v) is 7.92. The van der Waals surface area contributed by atoms with Crippen LogP contribution in [-0.2, 0) is 16.0 Å². The summed E-state index contributed by atoms with van der Waals surface area (Å²) >= 11 is 0. The van der Waals surface area contributed by atoms with Crippen LogP contribution in [0.3, 0.4) is 0 Å². The van der Waals surface area contributed by atoms with Crippen LogP contribution >= 0.6 is 0 Å². The molecule has 0 fully saturated rings. The zero-order valence-corrected chi connectivity index (χ0v) is 19.8. The highest BCUT2D eigenvalue weighted by Crippen LogP contribution is 2.32. The maximum absolute atomic E-state index is 13.8. The molecule has 35 heavy (non-hydrogen) atoms. The first-order valence-electron chi connectivity index (χ1n) is 11.1. The van der Waals surface area contributed by atoms with E-state index in [1.807, 2.05) is 11.8 Å². The minimum atomic E-state index is -0.778. The van der Waals surface area contributed by atoms with E-state index < -0.39 is 11.9 Å². The van der Waals surface area contributed by atoms with E-state index in [4.69, 9.17) is 20.6 Å². The molecule has 9 heteroatoms. The minimum Gasteiger partial charge on any atom is -0.438 e. The number of aliphatic hydroxyl groups excluding tert-OH is 1. The number of aliphatic hydroxyl groups is 1. The molecule has 1 heterocycles. The number of hydrogen-bond donors (Lipinski definition) is 1. The molecular formula is C26H29F2N3O4. The summed E-state index contributed by atoms with van der Waals surface area (Å²) in [5, 5.41) is 15.0.